The maximum Gasteiger partial charge on any atom is 0.331 e. The Morgan fingerprint density at radius 1 is 1.18 bits per heavy atom. The van der Waals surface area contributed by atoms with Crippen LogP contribution in [0.1, 0.15) is 11.1 Å². The molecule has 0 amide bonds. The van der Waals surface area contributed by atoms with E-state index in [1.165, 1.54) is 7.11 Å². The molecule has 0 spiro atoms. The minimum absolute atomic E-state index is 0.191. The van der Waals surface area contributed by atoms with Crippen LogP contribution >= 0.6 is 0 Å². The molecule has 0 aromatic heterocycles. The zero-order valence-corrected chi connectivity index (χ0v) is 9.80. The number of methoxy groups -OCH3 is 1. The van der Waals surface area contributed by atoms with Gasteiger partial charge < -0.3 is 9.47 Å². The molecule has 0 saturated carbocycles. The Kier molecular flexibility index (Phi) is 4.94. The van der Waals surface area contributed by atoms with Crippen molar-refractivity contribution in [2.45, 2.75) is 13.5 Å². The Morgan fingerprint density at radius 3 is 2.47 bits per heavy atom. The molecule has 0 aliphatic carbocycles. The van der Waals surface area contributed by atoms with Crippen LogP contribution in [0, 0.1) is 6.92 Å². The first-order chi connectivity index (χ1) is 8.13. The number of esters is 2. The van der Waals surface area contributed by atoms with Gasteiger partial charge in [-0.05, 0) is 18.1 Å². The molecule has 0 aliphatic rings. The lowest BCUT2D eigenvalue weighted by Gasteiger charge is -2.05. The molecular weight excluding hydrogens is 220 g/mol. The van der Waals surface area contributed by atoms with Gasteiger partial charge in [0.05, 0.1) is 7.11 Å². The van der Waals surface area contributed by atoms with E-state index in [0.29, 0.717) is 0 Å². The summed E-state index contributed by atoms with van der Waals surface area (Å²) in [6, 6.07) is 7.61. The zero-order chi connectivity index (χ0) is 12.7. The maximum atomic E-state index is 11.2. The average molecular weight is 234 g/mol. The van der Waals surface area contributed by atoms with Crippen molar-refractivity contribution in [3.63, 3.8) is 0 Å². The second-order valence-electron chi connectivity index (χ2n) is 3.39. The number of carbonyl (C=O) groups excluding carboxylic acids is 2. The van der Waals surface area contributed by atoms with Crippen LogP contribution in [0.5, 0.6) is 0 Å². The number of rotatable bonds is 4. The predicted octanol–water partition coefficient (Wildman–Crippen LogP) is 1.77. The molecule has 0 radical (unpaired) electrons. The fourth-order valence-corrected chi connectivity index (χ4v) is 1.17. The van der Waals surface area contributed by atoms with Crippen molar-refractivity contribution in [1.82, 2.24) is 0 Å². The van der Waals surface area contributed by atoms with E-state index in [1.54, 1.807) is 0 Å². The highest BCUT2D eigenvalue weighted by atomic mass is 16.5. The Bertz CT molecular complexity index is 435. The van der Waals surface area contributed by atoms with E-state index in [4.69, 9.17) is 4.74 Å². The van der Waals surface area contributed by atoms with Crippen LogP contribution in [-0.2, 0) is 25.7 Å². The molecule has 0 atom stereocenters. The maximum absolute atomic E-state index is 11.2. The van der Waals surface area contributed by atoms with Crippen LogP contribution in [0.2, 0.25) is 0 Å². The van der Waals surface area contributed by atoms with Gasteiger partial charge in [0.2, 0.25) is 0 Å². The Labute approximate surface area is 99.8 Å². The van der Waals surface area contributed by atoms with E-state index in [0.717, 1.165) is 23.3 Å². The molecular formula is C13H14O4. The van der Waals surface area contributed by atoms with Gasteiger partial charge in [0.1, 0.15) is 6.61 Å². The molecule has 4 nitrogen and oxygen atoms in total. The highest BCUT2D eigenvalue weighted by Gasteiger charge is 2.02. The number of benzene rings is 1. The second kappa shape index (κ2) is 6.48. The lowest BCUT2D eigenvalue weighted by atomic mass is 10.1. The van der Waals surface area contributed by atoms with E-state index in [2.05, 4.69) is 4.74 Å². The Hall–Kier alpha value is -2.10. The first-order valence-corrected chi connectivity index (χ1v) is 5.11. The summed E-state index contributed by atoms with van der Waals surface area (Å²) in [7, 11) is 1.24. The second-order valence-corrected chi connectivity index (χ2v) is 3.39. The molecule has 1 aromatic rings. The zero-order valence-electron chi connectivity index (χ0n) is 9.80. The van der Waals surface area contributed by atoms with Crippen molar-refractivity contribution in [3.05, 3.63) is 47.5 Å². The van der Waals surface area contributed by atoms with Gasteiger partial charge in [0, 0.05) is 12.2 Å². The van der Waals surface area contributed by atoms with Crippen molar-refractivity contribution in [3.8, 4) is 0 Å². The van der Waals surface area contributed by atoms with E-state index < -0.39 is 11.9 Å². The molecule has 1 aromatic carbocycles. The van der Waals surface area contributed by atoms with Gasteiger partial charge in [-0.2, -0.15) is 0 Å². The van der Waals surface area contributed by atoms with Gasteiger partial charge in [0.25, 0.3) is 0 Å². The third-order valence-corrected chi connectivity index (χ3v) is 2.19. The molecule has 4 heteroatoms. The summed E-state index contributed by atoms with van der Waals surface area (Å²) >= 11 is 0. The molecule has 0 fully saturated rings. The summed E-state index contributed by atoms with van der Waals surface area (Å²) in [6.07, 6.45) is 2.07. The van der Waals surface area contributed by atoms with E-state index in [1.807, 2.05) is 31.2 Å². The fraction of sp³-hybridized carbons (Fsp3) is 0.231. The summed E-state index contributed by atoms with van der Waals surface area (Å²) in [6.45, 7) is 2.13. The van der Waals surface area contributed by atoms with E-state index >= 15 is 0 Å². The Balaban J connectivity index is 2.46. The summed E-state index contributed by atoms with van der Waals surface area (Å²) in [5, 5.41) is 0. The van der Waals surface area contributed by atoms with Gasteiger partial charge in [-0.1, -0.05) is 24.3 Å². The number of hydrogen-bond donors (Lipinski definition) is 0. The number of aryl methyl sites for hydroxylation is 1. The molecule has 0 N–H and O–H groups in total. The molecule has 0 heterocycles. The minimum atomic E-state index is -0.585. The standard InChI is InChI=1S/C13H14O4/c1-10-5-3-4-6-11(10)9-17-13(15)8-7-12(14)16-2/h3-8H,9H2,1-2H3/b8-7+. The van der Waals surface area contributed by atoms with Crippen molar-refractivity contribution in [1.29, 1.82) is 0 Å². The molecule has 0 aliphatic heterocycles. The summed E-state index contributed by atoms with van der Waals surface area (Å²) in [5.41, 5.74) is 1.99. The van der Waals surface area contributed by atoms with E-state index in [-0.39, 0.29) is 6.61 Å². The number of ether oxygens (including phenoxy) is 2. The third-order valence-electron chi connectivity index (χ3n) is 2.19. The van der Waals surface area contributed by atoms with Crippen LogP contribution in [0.3, 0.4) is 0 Å². The van der Waals surface area contributed by atoms with Crippen LogP contribution in [0.4, 0.5) is 0 Å². The number of hydrogen-bond acceptors (Lipinski definition) is 4. The predicted molar refractivity (Wildman–Crippen MR) is 62.1 cm³/mol. The van der Waals surface area contributed by atoms with Crippen LogP contribution in [-0.4, -0.2) is 19.0 Å². The van der Waals surface area contributed by atoms with Crippen molar-refractivity contribution in [2.24, 2.45) is 0 Å². The normalized spacial score (nSPS) is 10.2. The van der Waals surface area contributed by atoms with Gasteiger partial charge in [-0.15, -0.1) is 0 Å². The van der Waals surface area contributed by atoms with Crippen molar-refractivity contribution < 1.29 is 19.1 Å². The fourth-order valence-electron chi connectivity index (χ4n) is 1.17. The Morgan fingerprint density at radius 2 is 1.82 bits per heavy atom. The minimum Gasteiger partial charge on any atom is -0.466 e. The summed E-state index contributed by atoms with van der Waals surface area (Å²) in [5.74, 6) is -1.16. The highest BCUT2D eigenvalue weighted by Crippen LogP contribution is 2.08. The van der Waals surface area contributed by atoms with Crippen LogP contribution < -0.4 is 0 Å². The van der Waals surface area contributed by atoms with Crippen LogP contribution in [0.15, 0.2) is 36.4 Å². The van der Waals surface area contributed by atoms with E-state index in [9.17, 15) is 9.59 Å². The van der Waals surface area contributed by atoms with Gasteiger partial charge in [-0.3, -0.25) is 0 Å². The first-order valence-electron chi connectivity index (χ1n) is 5.11. The first kappa shape index (κ1) is 13.0. The topological polar surface area (TPSA) is 52.6 Å². The molecule has 0 bridgehead atoms. The van der Waals surface area contributed by atoms with Crippen molar-refractivity contribution >= 4 is 11.9 Å². The molecule has 1 rings (SSSR count). The molecule has 0 saturated heterocycles. The number of carbonyl (C=O) groups is 2. The quantitative estimate of drug-likeness (QED) is 0.588. The SMILES string of the molecule is COC(=O)/C=C/C(=O)OCc1ccccc1C. The van der Waals surface area contributed by atoms with Crippen LogP contribution in [0.25, 0.3) is 0 Å². The summed E-state index contributed by atoms with van der Waals surface area (Å²) < 4.78 is 9.32. The lowest BCUT2D eigenvalue weighted by molar-refractivity contribution is -0.140. The smallest absolute Gasteiger partial charge is 0.331 e. The largest absolute Gasteiger partial charge is 0.466 e. The molecule has 17 heavy (non-hydrogen) atoms. The molecule has 90 valence electrons. The summed E-state index contributed by atoms with van der Waals surface area (Å²) in [4.78, 5) is 22.0. The lowest BCUT2D eigenvalue weighted by Crippen LogP contribution is -2.03. The van der Waals surface area contributed by atoms with Gasteiger partial charge >= 0.3 is 11.9 Å². The average Bonchev–Trinajstić information content (AvgIpc) is 2.35. The van der Waals surface area contributed by atoms with Gasteiger partial charge in [0.15, 0.2) is 0 Å². The molecule has 0 unspecified atom stereocenters. The highest BCUT2D eigenvalue weighted by molar-refractivity contribution is 5.91. The van der Waals surface area contributed by atoms with Gasteiger partial charge in [-0.25, -0.2) is 9.59 Å². The van der Waals surface area contributed by atoms with Crippen molar-refractivity contribution in [2.75, 3.05) is 7.11 Å². The monoisotopic (exact) mass is 234 g/mol. The third kappa shape index (κ3) is 4.51.